The molecule has 5 rings (SSSR count). The van der Waals surface area contributed by atoms with E-state index in [-0.39, 0.29) is 0 Å². The van der Waals surface area contributed by atoms with E-state index in [2.05, 4.69) is 17.0 Å². The summed E-state index contributed by atoms with van der Waals surface area (Å²) >= 11 is 1.77. The first kappa shape index (κ1) is 17.5. The third-order valence-electron chi connectivity index (χ3n) is 5.63. The van der Waals surface area contributed by atoms with E-state index in [9.17, 15) is 9.59 Å². The highest BCUT2D eigenvalue weighted by atomic mass is 32.1. The molecule has 2 aromatic carbocycles. The quantitative estimate of drug-likeness (QED) is 0.634. The molecule has 6 heteroatoms. The third kappa shape index (κ3) is 2.93. The minimum atomic E-state index is -0.414. The number of amides is 1. The van der Waals surface area contributed by atoms with Gasteiger partial charge in [-0.05, 0) is 50.6 Å². The lowest BCUT2D eigenvalue weighted by atomic mass is 9.99. The number of ketones is 1. The number of Topliss-reactive ketones (excluding diaryl/α,β-unsaturated/α-hetero) is 1. The van der Waals surface area contributed by atoms with E-state index >= 15 is 0 Å². The minimum absolute atomic E-state index is 0.372. The number of anilines is 1. The molecule has 1 amide bonds. The third-order valence-corrected chi connectivity index (χ3v) is 6.83. The number of fused-ring (bicyclic) bond motifs is 2. The van der Waals surface area contributed by atoms with Crippen LogP contribution in [-0.2, 0) is 4.79 Å². The fourth-order valence-corrected chi connectivity index (χ4v) is 5.30. The van der Waals surface area contributed by atoms with Crippen LogP contribution in [0.2, 0.25) is 0 Å². The first-order valence-electron chi connectivity index (χ1n) is 9.65. The molecular formula is C22H21N3O2S. The van der Waals surface area contributed by atoms with Crippen LogP contribution in [0.1, 0.15) is 39.7 Å². The van der Waals surface area contributed by atoms with E-state index in [1.165, 1.54) is 9.71 Å². The minimum Gasteiger partial charge on any atom is -0.291 e. The van der Waals surface area contributed by atoms with Crippen molar-refractivity contribution < 1.29 is 9.59 Å². The topological polar surface area (TPSA) is 53.5 Å². The number of nitrogens with zero attached hydrogens (tertiary/aromatic N) is 3. The van der Waals surface area contributed by atoms with Crippen LogP contribution in [0.3, 0.4) is 0 Å². The van der Waals surface area contributed by atoms with Crippen molar-refractivity contribution in [1.29, 1.82) is 0 Å². The second kappa shape index (κ2) is 6.79. The zero-order chi connectivity index (χ0) is 19.3. The van der Waals surface area contributed by atoms with Crippen LogP contribution < -0.4 is 4.90 Å². The van der Waals surface area contributed by atoms with E-state index in [1.54, 1.807) is 16.2 Å². The van der Waals surface area contributed by atoms with Gasteiger partial charge in [0.05, 0.1) is 33.1 Å². The van der Waals surface area contributed by atoms with Gasteiger partial charge in [-0.25, -0.2) is 4.98 Å². The lowest BCUT2D eigenvalue weighted by Crippen LogP contribution is -2.44. The van der Waals surface area contributed by atoms with Crippen LogP contribution in [0.5, 0.6) is 0 Å². The fourth-order valence-electron chi connectivity index (χ4n) is 4.20. The van der Waals surface area contributed by atoms with Gasteiger partial charge in [-0.2, -0.15) is 0 Å². The first-order chi connectivity index (χ1) is 13.6. The number of benzene rings is 2. The van der Waals surface area contributed by atoms with Gasteiger partial charge >= 0.3 is 5.91 Å². The number of carbonyl (C=O) groups excluding carboxylic acids is 2. The molecule has 28 heavy (non-hydrogen) atoms. The molecule has 2 aliphatic heterocycles. The number of para-hydroxylation sites is 1. The Balaban J connectivity index is 1.36. The monoisotopic (exact) mass is 391 g/mol. The molecule has 0 spiro atoms. The number of aromatic nitrogens is 1. The van der Waals surface area contributed by atoms with Gasteiger partial charge < -0.3 is 0 Å². The van der Waals surface area contributed by atoms with Gasteiger partial charge in [-0.3, -0.25) is 19.4 Å². The van der Waals surface area contributed by atoms with Crippen LogP contribution >= 0.6 is 11.3 Å². The molecule has 1 saturated heterocycles. The Bertz CT molecular complexity index is 1060. The number of aryl methyl sites for hydroxylation is 1. The largest absolute Gasteiger partial charge is 0.300 e. The standard InChI is InChI=1S/C22H21N3O2S/c1-14-8-9-18-16(11-14)20(26)22(27)25(18)13-24-10-4-5-15(12-24)21-23-17-6-2-3-7-19(17)28-21/h2-3,6-9,11,15H,4-5,10,12-13H2,1H3. The Hall–Kier alpha value is -2.57. The molecule has 1 fully saturated rings. The summed E-state index contributed by atoms with van der Waals surface area (Å²) in [5, 5.41) is 1.17. The average molecular weight is 391 g/mol. The zero-order valence-electron chi connectivity index (χ0n) is 15.7. The molecule has 3 aromatic rings. The second-order valence-electron chi connectivity index (χ2n) is 7.66. The first-order valence-corrected chi connectivity index (χ1v) is 10.5. The SMILES string of the molecule is Cc1ccc2c(c1)C(=O)C(=O)N2CN1CCCC(c2nc3ccccc3s2)C1. The molecule has 1 unspecified atom stereocenters. The molecule has 0 radical (unpaired) electrons. The van der Waals surface area contributed by atoms with E-state index in [4.69, 9.17) is 4.98 Å². The van der Waals surface area contributed by atoms with E-state index < -0.39 is 11.7 Å². The summed E-state index contributed by atoms with van der Waals surface area (Å²) in [6.45, 7) is 4.19. The molecule has 0 bridgehead atoms. The van der Waals surface area contributed by atoms with Crippen molar-refractivity contribution >= 4 is 38.9 Å². The number of hydrogen-bond donors (Lipinski definition) is 0. The second-order valence-corrected chi connectivity index (χ2v) is 8.72. The fraction of sp³-hybridized carbons (Fsp3) is 0.318. The van der Waals surface area contributed by atoms with Gasteiger partial charge in [-0.1, -0.05) is 23.8 Å². The summed E-state index contributed by atoms with van der Waals surface area (Å²) in [5.74, 6) is -0.432. The number of carbonyl (C=O) groups is 2. The van der Waals surface area contributed by atoms with Gasteiger partial charge in [0, 0.05) is 12.5 Å². The number of rotatable bonds is 3. The van der Waals surface area contributed by atoms with Gasteiger partial charge in [0.15, 0.2) is 0 Å². The number of hydrogen-bond acceptors (Lipinski definition) is 5. The Morgan fingerprint density at radius 1 is 1.18 bits per heavy atom. The van der Waals surface area contributed by atoms with E-state index in [0.717, 1.165) is 42.7 Å². The highest BCUT2D eigenvalue weighted by molar-refractivity contribution is 7.18. The van der Waals surface area contributed by atoms with Crippen LogP contribution in [0.15, 0.2) is 42.5 Å². The van der Waals surface area contributed by atoms with Crippen molar-refractivity contribution in [3.63, 3.8) is 0 Å². The summed E-state index contributed by atoms with van der Waals surface area (Å²) in [7, 11) is 0. The zero-order valence-corrected chi connectivity index (χ0v) is 16.5. The van der Waals surface area contributed by atoms with Crippen LogP contribution in [-0.4, -0.2) is 41.3 Å². The van der Waals surface area contributed by atoms with Crippen LogP contribution in [0.4, 0.5) is 5.69 Å². The molecule has 5 nitrogen and oxygen atoms in total. The molecule has 0 aliphatic carbocycles. The van der Waals surface area contributed by atoms with Crippen molar-refractivity contribution in [3.8, 4) is 0 Å². The highest BCUT2D eigenvalue weighted by Crippen LogP contribution is 2.34. The maximum absolute atomic E-state index is 12.6. The lowest BCUT2D eigenvalue weighted by molar-refractivity contribution is -0.114. The highest BCUT2D eigenvalue weighted by Gasteiger charge is 2.37. The Morgan fingerprint density at radius 2 is 2.04 bits per heavy atom. The van der Waals surface area contributed by atoms with Crippen molar-refractivity contribution in [2.45, 2.75) is 25.7 Å². The number of piperidine rings is 1. The predicted octanol–water partition coefficient (Wildman–Crippen LogP) is 3.97. The molecule has 0 N–H and O–H groups in total. The van der Waals surface area contributed by atoms with E-state index in [0.29, 0.717) is 18.2 Å². The van der Waals surface area contributed by atoms with Crippen LogP contribution in [0.25, 0.3) is 10.2 Å². The Kier molecular flexibility index (Phi) is 4.25. The Labute approximate surface area is 167 Å². The molecule has 2 aliphatic rings. The molecule has 1 atom stereocenters. The van der Waals surface area contributed by atoms with Gasteiger partial charge in [0.2, 0.25) is 0 Å². The molecular weight excluding hydrogens is 370 g/mol. The average Bonchev–Trinajstić information content (AvgIpc) is 3.24. The van der Waals surface area contributed by atoms with Crippen molar-refractivity contribution in [1.82, 2.24) is 9.88 Å². The molecule has 3 heterocycles. The number of likely N-dealkylation sites (tertiary alicyclic amines) is 1. The summed E-state index contributed by atoms with van der Waals surface area (Å²) in [6.07, 6.45) is 2.18. The Morgan fingerprint density at radius 3 is 2.89 bits per heavy atom. The van der Waals surface area contributed by atoms with Gasteiger partial charge in [0.25, 0.3) is 5.78 Å². The normalized spacial score (nSPS) is 20.2. The maximum Gasteiger partial charge on any atom is 0.300 e. The van der Waals surface area contributed by atoms with Gasteiger partial charge in [-0.15, -0.1) is 11.3 Å². The van der Waals surface area contributed by atoms with Crippen molar-refractivity contribution in [2.24, 2.45) is 0 Å². The van der Waals surface area contributed by atoms with Gasteiger partial charge in [0.1, 0.15) is 0 Å². The number of thiazole rings is 1. The smallest absolute Gasteiger partial charge is 0.291 e. The predicted molar refractivity (Wildman–Crippen MR) is 111 cm³/mol. The molecule has 142 valence electrons. The summed E-state index contributed by atoms with van der Waals surface area (Å²) in [5.41, 5.74) is 3.33. The van der Waals surface area contributed by atoms with E-state index in [1.807, 2.05) is 37.3 Å². The van der Waals surface area contributed by atoms with Crippen LogP contribution in [0, 0.1) is 6.92 Å². The molecule has 0 saturated carbocycles. The van der Waals surface area contributed by atoms with Crippen molar-refractivity contribution in [2.75, 3.05) is 24.7 Å². The maximum atomic E-state index is 12.6. The summed E-state index contributed by atoms with van der Waals surface area (Å²) < 4.78 is 1.22. The molecule has 1 aromatic heterocycles. The summed E-state index contributed by atoms with van der Waals surface area (Å²) in [6, 6.07) is 13.9. The summed E-state index contributed by atoms with van der Waals surface area (Å²) in [4.78, 5) is 33.7. The van der Waals surface area contributed by atoms with Crippen molar-refractivity contribution in [3.05, 3.63) is 58.6 Å². The lowest BCUT2D eigenvalue weighted by Gasteiger charge is -2.34.